The van der Waals surface area contributed by atoms with Gasteiger partial charge >= 0.3 is 0 Å². The van der Waals surface area contributed by atoms with E-state index >= 15 is 0 Å². The minimum absolute atomic E-state index is 0.576. The van der Waals surface area contributed by atoms with Gasteiger partial charge in [0.05, 0.1) is 35.8 Å². The molecule has 4 aromatic rings. The molecule has 1 N–H and O–H groups in total. The van der Waals surface area contributed by atoms with Gasteiger partial charge in [-0.25, -0.2) is 9.98 Å². The number of aromatic nitrogens is 1. The summed E-state index contributed by atoms with van der Waals surface area (Å²) in [6.07, 6.45) is 1.72. The summed E-state index contributed by atoms with van der Waals surface area (Å²) in [5.74, 6) is 1.95. The molecule has 1 heterocycles. The standard InChI is InChI=1S/C25H24N4O2S/c1-4-31-21-14-11-18(15-22(21)30-3)16-26-29-24(27-19-12-9-17(2)10-13-19)25-28-20-7-5-6-8-23(20)32-25/h5-16H,4H2,1-3H3,(H,27,29)/b26-16+. The molecule has 0 saturated heterocycles. The molecule has 1 aromatic heterocycles. The summed E-state index contributed by atoms with van der Waals surface area (Å²) in [6, 6.07) is 21.7. The molecule has 7 heteroatoms. The van der Waals surface area contributed by atoms with Gasteiger partial charge in [-0.2, -0.15) is 5.10 Å². The highest BCUT2D eigenvalue weighted by Gasteiger charge is 2.11. The molecule has 4 rings (SSSR count). The summed E-state index contributed by atoms with van der Waals surface area (Å²) in [6.45, 7) is 4.57. The van der Waals surface area contributed by atoms with Gasteiger partial charge in [0.15, 0.2) is 22.3 Å². The molecule has 0 saturated carbocycles. The lowest BCUT2D eigenvalue weighted by Gasteiger charge is -2.09. The van der Waals surface area contributed by atoms with E-state index in [1.54, 1.807) is 24.7 Å². The summed E-state index contributed by atoms with van der Waals surface area (Å²) in [5, 5.41) is 5.19. The number of aryl methyl sites for hydroxylation is 1. The number of hydrogen-bond donors (Lipinski definition) is 1. The monoisotopic (exact) mass is 444 g/mol. The maximum atomic E-state index is 5.58. The minimum Gasteiger partial charge on any atom is -0.493 e. The van der Waals surface area contributed by atoms with E-state index in [1.165, 1.54) is 5.56 Å². The van der Waals surface area contributed by atoms with Crippen LogP contribution in [0.25, 0.3) is 10.2 Å². The van der Waals surface area contributed by atoms with E-state index in [1.807, 2.05) is 67.6 Å². The Morgan fingerprint density at radius 1 is 1.06 bits per heavy atom. The number of para-hydroxylation sites is 1. The van der Waals surface area contributed by atoms with Crippen LogP contribution in [0.1, 0.15) is 23.1 Å². The van der Waals surface area contributed by atoms with Crippen LogP contribution < -0.4 is 14.9 Å². The van der Waals surface area contributed by atoms with Gasteiger partial charge in [0.25, 0.3) is 0 Å². The zero-order valence-electron chi connectivity index (χ0n) is 18.2. The molecule has 6 nitrogen and oxygen atoms in total. The Balaban J connectivity index is 1.62. The van der Waals surface area contributed by atoms with Crippen molar-refractivity contribution in [2.75, 3.05) is 13.7 Å². The number of rotatable bonds is 7. The minimum atomic E-state index is 0.576. The lowest BCUT2D eigenvalue weighted by Crippen LogP contribution is -2.18. The first kappa shape index (κ1) is 21.5. The van der Waals surface area contributed by atoms with Crippen molar-refractivity contribution in [3.8, 4) is 11.5 Å². The van der Waals surface area contributed by atoms with Crippen LogP contribution >= 0.6 is 11.3 Å². The quantitative estimate of drug-likeness (QED) is 0.225. The number of hydrazone groups is 1. The molecule has 32 heavy (non-hydrogen) atoms. The van der Waals surface area contributed by atoms with Crippen molar-refractivity contribution in [3.05, 3.63) is 82.9 Å². The Morgan fingerprint density at radius 2 is 1.88 bits per heavy atom. The number of aliphatic imine (C=N–C) groups is 1. The Hall–Kier alpha value is -3.71. The summed E-state index contributed by atoms with van der Waals surface area (Å²) >= 11 is 1.57. The maximum absolute atomic E-state index is 5.58. The Labute approximate surface area is 191 Å². The third-order valence-electron chi connectivity index (χ3n) is 4.64. The molecule has 162 valence electrons. The lowest BCUT2D eigenvalue weighted by atomic mass is 10.2. The molecule has 0 unspecified atom stereocenters. The van der Waals surface area contributed by atoms with Crippen LogP contribution in [0.15, 0.2) is 76.8 Å². The van der Waals surface area contributed by atoms with Crippen LogP contribution in [0, 0.1) is 6.92 Å². The second-order valence-electron chi connectivity index (χ2n) is 7.00. The van der Waals surface area contributed by atoms with Crippen LogP contribution in [0.5, 0.6) is 11.5 Å². The molecule has 3 aromatic carbocycles. The molecule has 0 bridgehead atoms. The number of ether oxygens (including phenoxy) is 2. The average Bonchev–Trinajstić information content (AvgIpc) is 3.25. The van der Waals surface area contributed by atoms with E-state index in [0.717, 1.165) is 26.5 Å². The van der Waals surface area contributed by atoms with Crippen LogP contribution in [0.3, 0.4) is 0 Å². The second kappa shape index (κ2) is 10.1. The smallest absolute Gasteiger partial charge is 0.183 e. The van der Waals surface area contributed by atoms with Gasteiger partial charge in [-0.1, -0.05) is 29.8 Å². The van der Waals surface area contributed by atoms with Crippen molar-refractivity contribution in [1.29, 1.82) is 0 Å². The number of nitrogens with one attached hydrogen (secondary N) is 1. The molecular weight excluding hydrogens is 420 g/mol. The highest BCUT2D eigenvalue weighted by molar-refractivity contribution is 7.20. The average molecular weight is 445 g/mol. The molecule has 0 aliphatic heterocycles. The molecule has 0 spiro atoms. The normalized spacial score (nSPS) is 11.8. The molecular formula is C25H24N4O2S. The van der Waals surface area contributed by atoms with Crippen LogP contribution in [-0.4, -0.2) is 30.8 Å². The number of benzene rings is 3. The largest absolute Gasteiger partial charge is 0.493 e. The van der Waals surface area contributed by atoms with Crippen LogP contribution in [-0.2, 0) is 0 Å². The predicted molar refractivity (Wildman–Crippen MR) is 132 cm³/mol. The number of methoxy groups -OCH3 is 1. The number of nitrogens with zero attached hydrogens (tertiary/aromatic N) is 3. The summed E-state index contributed by atoms with van der Waals surface area (Å²) in [5.41, 5.74) is 6.90. The fraction of sp³-hybridized carbons (Fsp3) is 0.160. The van der Waals surface area contributed by atoms with E-state index in [9.17, 15) is 0 Å². The van der Waals surface area contributed by atoms with Crippen molar-refractivity contribution < 1.29 is 9.47 Å². The van der Waals surface area contributed by atoms with E-state index in [4.69, 9.17) is 19.5 Å². The Morgan fingerprint density at radius 3 is 2.62 bits per heavy atom. The number of amidine groups is 1. The second-order valence-corrected chi connectivity index (χ2v) is 8.03. The highest BCUT2D eigenvalue weighted by atomic mass is 32.1. The van der Waals surface area contributed by atoms with Gasteiger partial charge in [0, 0.05) is 0 Å². The van der Waals surface area contributed by atoms with E-state index in [2.05, 4.69) is 23.5 Å². The first-order valence-electron chi connectivity index (χ1n) is 10.3. The zero-order valence-corrected chi connectivity index (χ0v) is 19.0. The fourth-order valence-electron chi connectivity index (χ4n) is 3.05. The topological polar surface area (TPSA) is 68.1 Å². The highest BCUT2D eigenvalue weighted by Crippen LogP contribution is 2.27. The van der Waals surface area contributed by atoms with Crippen molar-refractivity contribution in [1.82, 2.24) is 10.4 Å². The lowest BCUT2D eigenvalue weighted by molar-refractivity contribution is 0.311. The van der Waals surface area contributed by atoms with Crippen molar-refractivity contribution >= 4 is 39.3 Å². The predicted octanol–water partition coefficient (Wildman–Crippen LogP) is 5.71. The fourth-order valence-corrected chi connectivity index (χ4v) is 3.95. The van der Waals surface area contributed by atoms with Crippen LogP contribution in [0.4, 0.5) is 5.69 Å². The van der Waals surface area contributed by atoms with Gasteiger partial charge in [-0.15, -0.1) is 11.3 Å². The third-order valence-corrected chi connectivity index (χ3v) is 5.69. The SMILES string of the molecule is CCOc1ccc(/C=N/NC(=Nc2ccc(C)cc2)c2nc3ccccc3s2)cc1OC. The molecule has 0 aliphatic rings. The molecule has 0 atom stereocenters. The number of hydrogen-bond acceptors (Lipinski definition) is 6. The summed E-state index contributed by atoms with van der Waals surface area (Å²) < 4.78 is 12.1. The van der Waals surface area contributed by atoms with Gasteiger partial charge in [-0.05, 0) is 61.9 Å². The van der Waals surface area contributed by atoms with Crippen molar-refractivity contribution in [2.24, 2.45) is 10.1 Å². The first-order valence-corrected chi connectivity index (χ1v) is 11.1. The van der Waals surface area contributed by atoms with E-state index in [-0.39, 0.29) is 0 Å². The Kier molecular flexibility index (Phi) is 6.77. The van der Waals surface area contributed by atoms with Gasteiger partial charge in [-0.3, -0.25) is 5.43 Å². The summed E-state index contributed by atoms with van der Waals surface area (Å²) in [7, 11) is 1.62. The van der Waals surface area contributed by atoms with E-state index < -0.39 is 0 Å². The Bertz CT molecular complexity index is 1230. The zero-order chi connectivity index (χ0) is 22.3. The van der Waals surface area contributed by atoms with Crippen LogP contribution in [0.2, 0.25) is 0 Å². The van der Waals surface area contributed by atoms with Gasteiger partial charge < -0.3 is 9.47 Å². The van der Waals surface area contributed by atoms with E-state index in [0.29, 0.717) is 23.9 Å². The van der Waals surface area contributed by atoms with Gasteiger partial charge in [0.1, 0.15) is 0 Å². The van der Waals surface area contributed by atoms with Crippen molar-refractivity contribution in [2.45, 2.75) is 13.8 Å². The van der Waals surface area contributed by atoms with Crippen molar-refractivity contribution in [3.63, 3.8) is 0 Å². The molecule has 0 amide bonds. The molecule has 0 fully saturated rings. The molecule has 0 radical (unpaired) electrons. The van der Waals surface area contributed by atoms with Gasteiger partial charge in [0.2, 0.25) is 0 Å². The first-order chi connectivity index (χ1) is 15.7. The summed E-state index contributed by atoms with van der Waals surface area (Å²) in [4.78, 5) is 9.49. The number of fused-ring (bicyclic) bond motifs is 1. The molecule has 0 aliphatic carbocycles. The third kappa shape index (κ3) is 5.12. The maximum Gasteiger partial charge on any atom is 0.183 e. The number of thiazole rings is 1.